The summed E-state index contributed by atoms with van der Waals surface area (Å²) >= 11 is 1.30. The molecule has 0 radical (unpaired) electrons. The van der Waals surface area contributed by atoms with E-state index in [1.165, 1.54) is 11.8 Å². The molecule has 1 N–H and O–H groups in total. The van der Waals surface area contributed by atoms with Crippen molar-refractivity contribution in [2.24, 2.45) is 0 Å². The van der Waals surface area contributed by atoms with Gasteiger partial charge in [0.1, 0.15) is 0 Å². The summed E-state index contributed by atoms with van der Waals surface area (Å²) in [5.41, 5.74) is 3.80. The summed E-state index contributed by atoms with van der Waals surface area (Å²) in [6.45, 7) is 11.3. The summed E-state index contributed by atoms with van der Waals surface area (Å²) < 4.78 is 1.69. The molecule has 2 heterocycles. The first kappa shape index (κ1) is 20.1. The number of amides is 1. The van der Waals surface area contributed by atoms with Crippen molar-refractivity contribution in [1.29, 1.82) is 0 Å². The van der Waals surface area contributed by atoms with Crippen molar-refractivity contribution < 1.29 is 4.79 Å². The third-order valence-electron chi connectivity index (χ3n) is 4.38. The Morgan fingerprint density at radius 3 is 2.57 bits per heavy atom. The van der Waals surface area contributed by atoms with Crippen LogP contribution < -0.4 is 10.2 Å². The Balaban J connectivity index is 1.59. The Bertz CT molecular complexity index is 967. The maximum Gasteiger partial charge on any atom is 0.253 e. The maximum atomic E-state index is 12.3. The number of carbonyl (C=O) groups excluding carboxylic acids is 1. The number of fused-ring (bicyclic) bond motifs is 1. The zero-order valence-electron chi connectivity index (χ0n) is 16.9. The second-order valence-electron chi connectivity index (χ2n) is 6.91. The van der Waals surface area contributed by atoms with Crippen LogP contribution >= 0.6 is 11.8 Å². The monoisotopic (exact) mass is 398 g/mol. The second-order valence-corrected chi connectivity index (χ2v) is 7.85. The first-order valence-corrected chi connectivity index (χ1v) is 10.4. The molecule has 1 aromatic carbocycles. The first-order valence-electron chi connectivity index (χ1n) is 9.37. The van der Waals surface area contributed by atoms with Gasteiger partial charge in [-0.3, -0.25) is 4.79 Å². The zero-order chi connectivity index (χ0) is 20.3. The van der Waals surface area contributed by atoms with Gasteiger partial charge in [-0.2, -0.15) is 4.98 Å². The predicted molar refractivity (Wildman–Crippen MR) is 114 cm³/mol. The van der Waals surface area contributed by atoms with Crippen molar-refractivity contribution >= 4 is 34.8 Å². The number of thioether (sulfide) groups is 1. The molecule has 0 bridgehead atoms. The SMILES string of the molecule is CCN(c1ccc(NC(=O)CSc2nc3nc(C)cc(C)n3n2)cc1)C(C)C. The van der Waals surface area contributed by atoms with Crippen LogP contribution in [0, 0.1) is 13.8 Å². The lowest BCUT2D eigenvalue weighted by molar-refractivity contribution is -0.113. The Labute approximate surface area is 169 Å². The fraction of sp³-hybridized carbons (Fsp3) is 0.400. The predicted octanol–water partition coefficient (Wildman–Crippen LogP) is 3.71. The summed E-state index contributed by atoms with van der Waals surface area (Å²) in [5, 5.41) is 7.88. The van der Waals surface area contributed by atoms with Crippen LogP contribution in [0.3, 0.4) is 0 Å². The van der Waals surface area contributed by atoms with Crippen molar-refractivity contribution in [2.75, 3.05) is 22.5 Å². The average Bonchev–Trinajstić information content (AvgIpc) is 3.05. The molecule has 0 fully saturated rings. The number of rotatable bonds is 7. The van der Waals surface area contributed by atoms with Crippen molar-refractivity contribution in [1.82, 2.24) is 19.6 Å². The van der Waals surface area contributed by atoms with Crippen LogP contribution in [-0.2, 0) is 4.79 Å². The highest BCUT2D eigenvalue weighted by Crippen LogP contribution is 2.21. The van der Waals surface area contributed by atoms with Crippen LogP contribution in [0.5, 0.6) is 0 Å². The number of anilines is 2. The summed E-state index contributed by atoms with van der Waals surface area (Å²) in [6.07, 6.45) is 0. The Hall–Kier alpha value is -2.61. The molecule has 3 rings (SSSR count). The van der Waals surface area contributed by atoms with Crippen LogP contribution in [0.25, 0.3) is 5.78 Å². The number of aryl methyl sites for hydroxylation is 2. The Morgan fingerprint density at radius 2 is 1.93 bits per heavy atom. The van der Waals surface area contributed by atoms with E-state index in [0.29, 0.717) is 17.0 Å². The lowest BCUT2D eigenvalue weighted by Gasteiger charge is -2.27. The van der Waals surface area contributed by atoms with Crippen LogP contribution in [-0.4, -0.2) is 43.8 Å². The average molecular weight is 399 g/mol. The number of hydrogen-bond donors (Lipinski definition) is 1. The van der Waals surface area contributed by atoms with E-state index in [9.17, 15) is 4.79 Å². The van der Waals surface area contributed by atoms with Gasteiger partial charge in [-0.25, -0.2) is 9.50 Å². The van der Waals surface area contributed by atoms with E-state index in [4.69, 9.17) is 0 Å². The number of benzene rings is 1. The van der Waals surface area contributed by atoms with Gasteiger partial charge in [0.2, 0.25) is 11.1 Å². The highest BCUT2D eigenvalue weighted by Gasteiger charge is 2.12. The van der Waals surface area contributed by atoms with E-state index in [-0.39, 0.29) is 11.7 Å². The van der Waals surface area contributed by atoms with E-state index >= 15 is 0 Å². The summed E-state index contributed by atoms with van der Waals surface area (Å²) in [4.78, 5) is 23.3. The molecule has 8 heteroatoms. The number of hydrogen-bond acceptors (Lipinski definition) is 6. The molecule has 0 saturated carbocycles. The first-order chi connectivity index (χ1) is 13.4. The van der Waals surface area contributed by atoms with Gasteiger partial charge in [0, 0.05) is 35.3 Å². The molecule has 1 amide bonds. The highest BCUT2D eigenvalue weighted by atomic mass is 32.2. The number of carbonyl (C=O) groups is 1. The maximum absolute atomic E-state index is 12.3. The molecular weight excluding hydrogens is 372 g/mol. The molecule has 0 unspecified atom stereocenters. The molecule has 0 aliphatic heterocycles. The molecule has 0 aliphatic carbocycles. The number of aromatic nitrogens is 4. The minimum Gasteiger partial charge on any atom is -0.369 e. The summed E-state index contributed by atoms with van der Waals surface area (Å²) in [6, 6.07) is 10.3. The van der Waals surface area contributed by atoms with E-state index in [1.807, 2.05) is 44.2 Å². The van der Waals surface area contributed by atoms with Crippen molar-refractivity contribution in [2.45, 2.75) is 45.8 Å². The van der Waals surface area contributed by atoms with E-state index in [0.717, 1.165) is 29.3 Å². The van der Waals surface area contributed by atoms with Crippen LogP contribution in [0.2, 0.25) is 0 Å². The Kier molecular flexibility index (Phi) is 6.18. The van der Waals surface area contributed by atoms with Crippen LogP contribution in [0.1, 0.15) is 32.2 Å². The molecule has 3 aromatic rings. The Morgan fingerprint density at radius 1 is 1.21 bits per heavy atom. The van der Waals surface area contributed by atoms with E-state index in [1.54, 1.807) is 4.52 Å². The molecule has 0 saturated heterocycles. The molecule has 0 atom stereocenters. The van der Waals surface area contributed by atoms with Crippen molar-refractivity contribution in [3.63, 3.8) is 0 Å². The van der Waals surface area contributed by atoms with E-state index in [2.05, 4.69) is 46.1 Å². The lowest BCUT2D eigenvalue weighted by atomic mass is 10.2. The van der Waals surface area contributed by atoms with Gasteiger partial charge in [0.15, 0.2) is 0 Å². The fourth-order valence-electron chi connectivity index (χ4n) is 3.12. The third kappa shape index (κ3) is 4.62. The number of nitrogens with one attached hydrogen (secondary N) is 1. The lowest BCUT2D eigenvalue weighted by Crippen LogP contribution is -2.30. The minimum absolute atomic E-state index is 0.0892. The van der Waals surface area contributed by atoms with Crippen LogP contribution in [0.15, 0.2) is 35.5 Å². The normalized spacial score (nSPS) is 11.2. The standard InChI is InChI=1S/C20H26N6OS/c1-6-25(13(2)3)17-9-7-16(8-10-17)22-18(27)12-28-20-23-19-21-14(4)11-15(5)26(19)24-20/h7-11,13H,6,12H2,1-5H3,(H,22,27). The van der Waals surface area contributed by atoms with Gasteiger partial charge in [0.25, 0.3) is 5.78 Å². The van der Waals surface area contributed by atoms with Crippen LogP contribution in [0.4, 0.5) is 11.4 Å². The van der Waals surface area contributed by atoms with Gasteiger partial charge in [0.05, 0.1) is 5.75 Å². The van der Waals surface area contributed by atoms with E-state index < -0.39 is 0 Å². The largest absolute Gasteiger partial charge is 0.369 e. The third-order valence-corrected chi connectivity index (χ3v) is 5.22. The van der Waals surface area contributed by atoms with Gasteiger partial charge >= 0.3 is 0 Å². The number of nitrogens with zero attached hydrogens (tertiary/aromatic N) is 5. The molecule has 148 valence electrons. The topological polar surface area (TPSA) is 75.4 Å². The summed E-state index contributed by atoms with van der Waals surface area (Å²) in [5.74, 6) is 0.708. The molecular formula is C20H26N6OS. The molecule has 7 nitrogen and oxygen atoms in total. The highest BCUT2D eigenvalue weighted by molar-refractivity contribution is 7.99. The fourth-order valence-corrected chi connectivity index (χ4v) is 3.74. The molecule has 0 aliphatic rings. The van der Waals surface area contributed by atoms with Gasteiger partial charge in [-0.05, 0) is 65.0 Å². The quantitative estimate of drug-likeness (QED) is 0.612. The molecule has 0 spiro atoms. The van der Waals surface area contributed by atoms with Gasteiger partial charge < -0.3 is 10.2 Å². The van der Waals surface area contributed by atoms with Gasteiger partial charge in [-0.15, -0.1) is 5.10 Å². The minimum atomic E-state index is -0.0892. The summed E-state index contributed by atoms with van der Waals surface area (Å²) in [7, 11) is 0. The molecule has 2 aromatic heterocycles. The molecule has 28 heavy (non-hydrogen) atoms. The van der Waals surface area contributed by atoms with Crippen molar-refractivity contribution in [3.8, 4) is 0 Å². The van der Waals surface area contributed by atoms with Gasteiger partial charge in [-0.1, -0.05) is 11.8 Å². The van der Waals surface area contributed by atoms with Crippen molar-refractivity contribution in [3.05, 3.63) is 41.7 Å². The smallest absolute Gasteiger partial charge is 0.253 e. The second kappa shape index (κ2) is 8.60. The zero-order valence-corrected chi connectivity index (χ0v) is 17.7.